The largest absolute Gasteiger partial charge is 0.139 e. The molecular formula is C12H17S+. The minimum absolute atomic E-state index is 0.428. The van der Waals surface area contributed by atoms with Gasteiger partial charge < -0.3 is 0 Å². The van der Waals surface area contributed by atoms with Crippen molar-refractivity contribution in [2.75, 3.05) is 12.5 Å². The van der Waals surface area contributed by atoms with Crippen molar-refractivity contribution in [1.82, 2.24) is 0 Å². The Morgan fingerprint density at radius 1 is 1.31 bits per heavy atom. The summed E-state index contributed by atoms with van der Waals surface area (Å²) < 4.78 is 0. The molecule has 0 spiro atoms. The van der Waals surface area contributed by atoms with Crippen LogP contribution in [0.3, 0.4) is 0 Å². The zero-order valence-corrected chi connectivity index (χ0v) is 9.18. The lowest BCUT2D eigenvalue weighted by atomic mass is 10.1. The Morgan fingerprint density at radius 3 is 2.38 bits per heavy atom. The first kappa shape index (κ1) is 10.4. The van der Waals surface area contributed by atoms with Crippen molar-refractivity contribution in [3.63, 3.8) is 0 Å². The second-order valence-electron chi connectivity index (χ2n) is 3.34. The summed E-state index contributed by atoms with van der Waals surface area (Å²) >= 11 is 0. The second kappa shape index (κ2) is 5.13. The summed E-state index contributed by atoms with van der Waals surface area (Å²) in [7, 11) is 0.428. The lowest BCUT2D eigenvalue weighted by Crippen LogP contribution is -2.18. The average Bonchev–Trinajstić information content (AvgIpc) is 2.15. The predicted octanol–water partition coefficient (Wildman–Crippen LogP) is 2.66. The molecule has 1 aromatic carbocycles. The topological polar surface area (TPSA) is 0 Å². The third-order valence-electron chi connectivity index (χ3n) is 2.15. The van der Waals surface area contributed by atoms with Crippen LogP contribution in [0.1, 0.15) is 5.56 Å². The van der Waals surface area contributed by atoms with E-state index in [9.17, 15) is 0 Å². The molecule has 70 valence electrons. The molecule has 0 aliphatic carbocycles. The van der Waals surface area contributed by atoms with Gasteiger partial charge in [0, 0.05) is 6.42 Å². The van der Waals surface area contributed by atoms with Crippen molar-refractivity contribution in [1.29, 1.82) is 0 Å². The van der Waals surface area contributed by atoms with Gasteiger partial charge >= 0.3 is 0 Å². The van der Waals surface area contributed by atoms with Crippen molar-refractivity contribution in [3.8, 4) is 0 Å². The van der Waals surface area contributed by atoms with Crippen LogP contribution in [0.15, 0.2) is 43.0 Å². The highest BCUT2D eigenvalue weighted by Crippen LogP contribution is 2.10. The van der Waals surface area contributed by atoms with Crippen LogP contribution < -0.4 is 0 Å². The molecule has 0 aliphatic heterocycles. The van der Waals surface area contributed by atoms with Gasteiger partial charge in [-0.2, -0.15) is 0 Å². The van der Waals surface area contributed by atoms with Crippen LogP contribution in [0.4, 0.5) is 0 Å². The van der Waals surface area contributed by atoms with Crippen molar-refractivity contribution in [3.05, 3.63) is 48.6 Å². The summed E-state index contributed by atoms with van der Waals surface area (Å²) in [5, 5.41) is 0.627. The highest BCUT2D eigenvalue weighted by molar-refractivity contribution is 7.96. The summed E-state index contributed by atoms with van der Waals surface area (Å²) in [5.41, 5.74) is 1.41. The first-order chi connectivity index (χ1) is 6.24. The molecule has 1 rings (SSSR count). The Balaban J connectivity index is 2.62. The van der Waals surface area contributed by atoms with Gasteiger partial charge in [-0.05, 0) is 22.5 Å². The van der Waals surface area contributed by atoms with Gasteiger partial charge in [-0.25, -0.2) is 0 Å². The maximum atomic E-state index is 3.89. The van der Waals surface area contributed by atoms with E-state index < -0.39 is 0 Å². The van der Waals surface area contributed by atoms with Crippen LogP contribution in [0.2, 0.25) is 0 Å². The van der Waals surface area contributed by atoms with E-state index in [0.29, 0.717) is 16.1 Å². The third-order valence-corrected chi connectivity index (χ3v) is 3.72. The Kier molecular flexibility index (Phi) is 4.10. The van der Waals surface area contributed by atoms with Gasteiger partial charge in [0.05, 0.1) is 12.5 Å². The van der Waals surface area contributed by atoms with Crippen LogP contribution in [0.25, 0.3) is 0 Å². The summed E-state index contributed by atoms with van der Waals surface area (Å²) in [6.07, 6.45) is 7.75. The highest BCUT2D eigenvalue weighted by atomic mass is 32.2. The molecule has 13 heavy (non-hydrogen) atoms. The van der Waals surface area contributed by atoms with Crippen LogP contribution in [0.5, 0.6) is 0 Å². The minimum atomic E-state index is 0.428. The lowest BCUT2D eigenvalue weighted by molar-refractivity contribution is 1.02. The molecule has 0 saturated carbocycles. The van der Waals surface area contributed by atoms with Crippen LogP contribution in [-0.2, 0) is 17.3 Å². The first-order valence-corrected chi connectivity index (χ1v) is 6.57. The lowest BCUT2D eigenvalue weighted by Gasteiger charge is -2.08. The molecule has 0 bridgehead atoms. The fourth-order valence-electron chi connectivity index (χ4n) is 1.29. The molecule has 0 fully saturated rings. The van der Waals surface area contributed by atoms with Crippen LogP contribution in [-0.4, -0.2) is 17.8 Å². The third kappa shape index (κ3) is 3.27. The van der Waals surface area contributed by atoms with Gasteiger partial charge in [0.15, 0.2) is 0 Å². The molecule has 0 saturated heterocycles. The monoisotopic (exact) mass is 193 g/mol. The summed E-state index contributed by atoms with van der Waals surface area (Å²) in [6.45, 7) is 3.89. The van der Waals surface area contributed by atoms with E-state index in [0.717, 1.165) is 6.42 Å². The molecule has 0 aliphatic rings. The summed E-state index contributed by atoms with van der Waals surface area (Å²) in [5.74, 6) is 0. The molecule has 0 aromatic heterocycles. The maximum absolute atomic E-state index is 3.89. The van der Waals surface area contributed by atoms with Gasteiger partial charge in [0.25, 0.3) is 0 Å². The SMILES string of the molecule is C=CC(Cc1ccccc1)[S+](C)C. The number of benzene rings is 1. The van der Waals surface area contributed by atoms with E-state index in [-0.39, 0.29) is 0 Å². The Labute approximate surface area is 84.0 Å². The molecule has 0 amide bonds. The normalized spacial score (nSPS) is 12.8. The molecule has 1 aromatic rings. The van der Waals surface area contributed by atoms with Crippen LogP contribution in [0, 0.1) is 0 Å². The number of rotatable bonds is 4. The van der Waals surface area contributed by atoms with E-state index in [1.807, 2.05) is 0 Å². The fourth-order valence-corrected chi connectivity index (χ4v) is 2.20. The van der Waals surface area contributed by atoms with E-state index in [4.69, 9.17) is 0 Å². The first-order valence-electron chi connectivity index (χ1n) is 4.47. The van der Waals surface area contributed by atoms with Gasteiger partial charge in [-0.1, -0.05) is 36.9 Å². The van der Waals surface area contributed by atoms with Gasteiger partial charge in [0.2, 0.25) is 0 Å². The Hall–Kier alpha value is -0.690. The Morgan fingerprint density at radius 2 is 1.92 bits per heavy atom. The molecule has 1 atom stereocenters. The zero-order chi connectivity index (χ0) is 9.68. The standard InChI is InChI=1S/C12H17S/c1-4-12(13(2)3)10-11-8-6-5-7-9-11/h4-9,12H,1,10H2,2-3H3/q+1. The van der Waals surface area contributed by atoms with E-state index >= 15 is 0 Å². The number of hydrogen-bond acceptors (Lipinski definition) is 0. The second-order valence-corrected chi connectivity index (χ2v) is 5.71. The van der Waals surface area contributed by atoms with E-state index in [2.05, 4.69) is 55.5 Å². The van der Waals surface area contributed by atoms with E-state index in [1.165, 1.54) is 5.56 Å². The molecule has 1 heteroatoms. The minimum Gasteiger partial charge on any atom is -0.0981 e. The van der Waals surface area contributed by atoms with Crippen molar-refractivity contribution in [2.45, 2.75) is 11.7 Å². The fraction of sp³-hybridized carbons (Fsp3) is 0.333. The van der Waals surface area contributed by atoms with Crippen molar-refractivity contribution < 1.29 is 0 Å². The summed E-state index contributed by atoms with van der Waals surface area (Å²) in [4.78, 5) is 0. The molecular weight excluding hydrogens is 176 g/mol. The zero-order valence-electron chi connectivity index (χ0n) is 8.36. The van der Waals surface area contributed by atoms with Crippen LogP contribution >= 0.6 is 0 Å². The van der Waals surface area contributed by atoms with Gasteiger partial charge in [-0.3, -0.25) is 0 Å². The van der Waals surface area contributed by atoms with Gasteiger partial charge in [-0.15, -0.1) is 0 Å². The quantitative estimate of drug-likeness (QED) is 0.509. The maximum Gasteiger partial charge on any atom is 0.139 e. The van der Waals surface area contributed by atoms with Gasteiger partial charge in [0.1, 0.15) is 5.25 Å². The predicted molar refractivity (Wildman–Crippen MR) is 63.3 cm³/mol. The smallest absolute Gasteiger partial charge is 0.0981 e. The molecule has 0 radical (unpaired) electrons. The highest BCUT2D eigenvalue weighted by Gasteiger charge is 2.17. The molecule has 0 N–H and O–H groups in total. The average molecular weight is 193 g/mol. The Bertz CT molecular complexity index is 251. The molecule has 0 heterocycles. The summed E-state index contributed by atoms with van der Waals surface area (Å²) in [6, 6.07) is 10.6. The molecule has 1 unspecified atom stereocenters. The molecule has 0 nitrogen and oxygen atoms in total. The number of hydrogen-bond donors (Lipinski definition) is 0. The van der Waals surface area contributed by atoms with Crippen molar-refractivity contribution >= 4 is 10.9 Å². The van der Waals surface area contributed by atoms with E-state index in [1.54, 1.807) is 0 Å². The van der Waals surface area contributed by atoms with Crippen molar-refractivity contribution in [2.24, 2.45) is 0 Å².